The monoisotopic (exact) mass is 252 g/mol. The first-order chi connectivity index (χ1) is 8.56. The van der Waals surface area contributed by atoms with E-state index in [0.29, 0.717) is 0 Å². The summed E-state index contributed by atoms with van der Waals surface area (Å²) in [5, 5.41) is 2.75. The number of carbonyl (C=O) groups is 1. The molecular formula is C11H16N4O3. The molecule has 98 valence electrons. The van der Waals surface area contributed by atoms with Crippen molar-refractivity contribution >= 4 is 5.91 Å². The molecule has 1 aliphatic carbocycles. The summed E-state index contributed by atoms with van der Waals surface area (Å²) in [6.45, 7) is 0. The lowest BCUT2D eigenvalue weighted by Gasteiger charge is -2.29. The zero-order valence-electron chi connectivity index (χ0n) is 9.86. The van der Waals surface area contributed by atoms with Gasteiger partial charge in [-0.3, -0.25) is 14.6 Å². The molecule has 1 fully saturated rings. The first-order valence-corrected chi connectivity index (χ1v) is 5.96. The quantitative estimate of drug-likeness (QED) is 0.543. The molecular weight excluding hydrogens is 236 g/mol. The highest BCUT2D eigenvalue weighted by molar-refractivity contribution is 5.92. The van der Waals surface area contributed by atoms with Crippen LogP contribution in [0, 0.1) is 0 Å². The highest BCUT2D eigenvalue weighted by Gasteiger charge is 2.24. The second kappa shape index (κ2) is 5.18. The predicted molar refractivity (Wildman–Crippen MR) is 65.4 cm³/mol. The zero-order chi connectivity index (χ0) is 13.1. The zero-order valence-corrected chi connectivity index (χ0v) is 9.86. The fraction of sp³-hybridized carbons (Fsp3) is 0.545. The molecule has 0 radical (unpaired) electrons. The van der Waals surface area contributed by atoms with E-state index < -0.39 is 17.2 Å². The number of nitrogens with one attached hydrogen (secondary N) is 3. The van der Waals surface area contributed by atoms with Crippen LogP contribution in [-0.2, 0) is 0 Å². The Bertz CT molecular complexity index is 519. The van der Waals surface area contributed by atoms with Gasteiger partial charge in [0, 0.05) is 18.2 Å². The van der Waals surface area contributed by atoms with Crippen LogP contribution < -0.4 is 22.3 Å². The van der Waals surface area contributed by atoms with E-state index in [1.807, 2.05) is 4.98 Å². The normalized spacial score (nSPS) is 23.6. The van der Waals surface area contributed by atoms with Crippen LogP contribution in [0.15, 0.2) is 15.7 Å². The fourth-order valence-electron chi connectivity index (χ4n) is 2.18. The molecule has 1 saturated carbocycles. The number of carbonyl (C=O) groups excluding carboxylic acids is 1. The van der Waals surface area contributed by atoms with Crippen LogP contribution in [0.2, 0.25) is 0 Å². The average Bonchev–Trinajstić information content (AvgIpc) is 2.31. The molecule has 2 rings (SSSR count). The minimum absolute atomic E-state index is 0.0403. The molecule has 0 bridgehead atoms. The first-order valence-electron chi connectivity index (χ1n) is 5.96. The highest BCUT2D eigenvalue weighted by Crippen LogP contribution is 2.16. The van der Waals surface area contributed by atoms with E-state index in [4.69, 9.17) is 5.73 Å². The Hall–Kier alpha value is -1.89. The van der Waals surface area contributed by atoms with Crippen molar-refractivity contribution in [3.05, 3.63) is 32.6 Å². The molecule has 5 N–H and O–H groups in total. The molecule has 1 aromatic rings. The van der Waals surface area contributed by atoms with Crippen molar-refractivity contribution in [3.63, 3.8) is 0 Å². The van der Waals surface area contributed by atoms with Crippen molar-refractivity contribution < 1.29 is 4.79 Å². The minimum Gasteiger partial charge on any atom is -0.346 e. The van der Waals surface area contributed by atoms with E-state index in [0.717, 1.165) is 31.7 Å². The predicted octanol–water partition coefficient (Wildman–Crippen LogP) is -0.937. The minimum atomic E-state index is -0.694. The molecule has 1 heterocycles. The molecule has 7 heteroatoms. The molecule has 0 spiro atoms. The Balaban J connectivity index is 2.11. The van der Waals surface area contributed by atoms with Crippen LogP contribution in [0.3, 0.4) is 0 Å². The number of rotatable bonds is 2. The smallest absolute Gasteiger partial charge is 0.326 e. The topological polar surface area (TPSA) is 121 Å². The van der Waals surface area contributed by atoms with Gasteiger partial charge in [0.05, 0.1) is 0 Å². The number of hydrogen-bond acceptors (Lipinski definition) is 4. The summed E-state index contributed by atoms with van der Waals surface area (Å²) in [6, 6.07) is 0.885. The lowest BCUT2D eigenvalue weighted by atomic mass is 9.91. The summed E-state index contributed by atoms with van der Waals surface area (Å²) >= 11 is 0. The van der Waals surface area contributed by atoms with E-state index in [9.17, 15) is 14.4 Å². The van der Waals surface area contributed by atoms with E-state index in [-0.39, 0.29) is 17.8 Å². The Morgan fingerprint density at radius 1 is 1.28 bits per heavy atom. The van der Waals surface area contributed by atoms with Gasteiger partial charge in [-0.25, -0.2) is 4.79 Å². The maximum Gasteiger partial charge on any atom is 0.326 e. The second-order valence-electron chi connectivity index (χ2n) is 4.53. The van der Waals surface area contributed by atoms with Gasteiger partial charge in [-0.1, -0.05) is 12.8 Å². The van der Waals surface area contributed by atoms with Crippen molar-refractivity contribution in [2.45, 2.75) is 37.8 Å². The van der Waals surface area contributed by atoms with Crippen LogP contribution in [0.5, 0.6) is 0 Å². The van der Waals surface area contributed by atoms with Crippen LogP contribution in [0.1, 0.15) is 36.2 Å². The molecule has 1 amide bonds. The Morgan fingerprint density at radius 2 is 2.00 bits per heavy atom. The van der Waals surface area contributed by atoms with Gasteiger partial charge in [0.25, 0.3) is 11.5 Å². The van der Waals surface area contributed by atoms with Crippen LogP contribution >= 0.6 is 0 Å². The van der Waals surface area contributed by atoms with E-state index in [1.54, 1.807) is 0 Å². The Kier molecular flexibility index (Phi) is 3.61. The number of aromatic nitrogens is 2. The lowest BCUT2D eigenvalue weighted by Crippen LogP contribution is -2.49. The van der Waals surface area contributed by atoms with Gasteiger partial charge in [0.15, 0.2) is 0 Å². The van der Waals surface area contributed by atoms with E-state index >= 15 is 0 Å². The largest absolute Gasteiger partial charge is 0.346 e. The summed E-state index contributed by atoms with van der Waals surface area (Å²) in [6.07, 6.45) is 3.77. The van der Waals surface area contributed by atoms with Gasteiger partial charge in [0.1, 0.15) is 5.69 Å². The SMILES string of the molecule is NC1CCCCC1NC(=O)c1cc(=O)[nH]c(=O)[nH]1. The maximum atomic E-state index is 11.9. The molecule has 2 atom stereocenters. The van der Waals surface area contributed by atoms with E-state index in [2.05, 4.69) is 10.3 Å². The summed E-state index contributed by atoms with van der Waals surface area (Å²) in [5.41, 5.74) is 4.58. The van der Waals surface area contributed by atoms with Crippen molar-refractivity contribution in [3.8, 4) is 0 Å². The van der Waals surface area contributed by atoms with Crippen molar-refractivity contribution in [1.29, 1.82) is 0 Å². The van der Waals surface area contributed by atoms with Gasteiger partial charge in [0.2, 0.25) is 0 Å². The van der Waals surface area contributed by atoms with Gasteiger partial charge in [-0.2, -0.15) is 0 Å². The number of hydrogen-bond donors (Lipinski definition) is 4. The van der Waals surface area contributed by atoms with Gasteiger partial charge in [-0.05, 0) is 12.8 Å². The molecule has 0 aromatic carbocycles. The van der Waals surface area contributed by atoms with Gasteiger partial charge in [-0.15, -0.1) is 0 Å². The molecule has 18 heavy (non-hydrogen) atoms. The van der Waals surface area contributed by atoms with E-state index in [1.165, 1.54) is 0 Å². The van der Waals surface area contributed by atoms with Crippen molar-refractivity contribution in [2.75, 3.05) is 0 Å². The van der Waals surface area contributed by atoms with Crippen molar-refractivity contribution in [1.82, 2.24) is 15.3 Å². The second-order valence-corrected chi connectivity index (χ2v) is 4.53. The highest BCUT2D eigenvalue weighted by atomic mass is 16.2. The number of H-pyrrole nitrogens is 2. The van der Waals surface area contributed by atoms with Gasteiger partial charge >= 0.3 is 5.69 Å². The third-order valence-electron chi connectivity index (χ3n) is 3.14. The Labute approximate surface area is 103 Å². The standard InChI is InChI=1S/C11H16N4O3/c12-6-3-1-2-4-7(6)13-10(17)8-5-9(16)15-11(18)14-8/h5-7H,1-4,12H2,(H,13,17)(H2,14,15,16,18). The number of nitrogens with two attached hydrogens (primary N) is 1. The third-order valence-corrected chi connectivity index (χ3v) is 3.14. The average molecular weight is 252 g/mol. The lowest BCUT2D eigenvalue weighted by molar-refractivity contribution is 0.0915. The van der Waals surface area contributed by atoms with Crippen LogP contribution in [0.4, 0.5) is 0 Å². The fourth-order valence-corrected chi connectivity index (χ4v) is 2.18. The summed E-state index contributed by atoms with van der Waals surface area (Å²) in [5.74, 6) is -0.472. The molecule has 7 nitrogen and oxygen atoms in total. The van der Waals surface area contributed by atoms with Crippen molar-refractivity contribution in [2.24, 2.45) is 5.73 Å². The van der Waals surface area contributed by atoms with Crippen LogP contribution in [0.25, 0.3) is 0 Å². The summed E-state index contributed by atoms with van der Waals surface area (Å²) < 4.78 is 0. The molecule has 0 aliphatic heterocycles. The summed E-state index contributed by atoms with van der Waals surface area (Å²) in [4.78, 5) is 38.3. The van der Waals surface area contributed by atoms with Gasteiger partial charge < -0.3 is 16.0 Å². The molecule has 1 aromatic heterocycles. The maximum absolute atomic E-state index is 11.9. The Morgan fingerprint density at radius 3 is 2.67 bits per heavy atom. The third kappa shape index (κ3) is 2.86. The van der Waals surface area contributed by atoms with Crippen LogP contribution in [-0.4, -0.2) is 28.0 Å². The molecule has 2 unspecified atom stereocenters. The molecule has 1 aliphatic rings. The first kappa shape index (κ1) is 12.6. The summed E-state index contributed by atoms with van der Waals surface area (Å²) in [7, 11) is 0. The number of aromatic amines is 2. The molecule has 0 saturated heterocycles. The number of amides is 1.